The van der Waals surface area contributed by atoms with E-state index in [4.69, 9.17) is 5.41 Å². The smallest absolute Gasteiger partial charge is 0.267 e. The van der Waals surface area contributed by atoms with E-state index < -0.39 is 0 Å². The molecule has 0 aliphatic carbocycles. The quantitative estimate of drug-likeness (QED) is 0.324. The number of carbonyl (C=O) groups is 1. The van der Waals surface area contributed by atoms with E-state index in [1.165, 1.54) is 23.3 Å². The van der Waals surface area contributed by atoms with Crippen LogP contribution in [0.5, 0.6) is 0 Å². The number of unbranched alkanes of at least 4 members (excludes halogenated alkanes) is 4. The molecule has 0 saturated carbocycles. The second-order valence-corrected chi connectivity index (χ2v) is 7.52. The normalized spacial score (nSPS) is 11.1. The van der Waals surface area contributed by atoms with Gasteiger partial charge in [-0.15, -0.1) is 6.58 Å². The lowest BCUT2D eigenvalue weighted by Crippen LogP contribution is -2.35. The Hall–Kier alpha value is -3.22. The number of fused-ring (bicyclic) bond motifs is 2. The van der Waals surface area contributed by atoms with Crippen molar-refractivity contribution in [3.8, 4) is 0 Å². The van der Waals surface area contributed by atoms with Gasteiger partial charge in [-0.1, -0.05) is 44.7 Å². The largest absolute Gasteiger partial charge is 0.352 e. The van der Waals surface area contributed by atoms with E-state index in [0.717, 1.165) is 24.8 Å². The van der Waals surface area contributed by atoms with Gasteiger partial charge in [0, 0.05) is 19.3 Å². The molecule has 0 aromatic carbocycles. The van der Waals surface area contributed by atoms with Gasteiger partial charge < -0.3 is 9.88 Å². The number of pyridine rings is 2. The first-order valence-electron chi connectivity index (χ1n) is 10.5. The molecule has 3 heterocycles. The molecule has 7 heteroatoms. The second-order valence-electron chi connectivity index (χ2n) is 7.52. The van der Waals surface area contributed by atoms with Crippen LogP contribution < -0.4 is 16.4 Å². The van der Waals surface area contributed by atoms with Crippen LogP contribution in [-0.4, -0.2) is 26.4 Å². The molecule has 0 aliphatic heterocycles. The summed E-state index contributed by atoms with van der Waals surface area (Å²) >= 11 is 0. The van der Waals surface area contributed by atoms with E-state index in [1.54, 1.807) is 22.9 Å². The van der Waals surface area contributed by atoms with Crippen molar-refractivity contribution in [1.82, 2.24) is 19.3 Å². The third kappa shape index (κ3) is 4.20. The van der Waals surface area contributed by atoms with Gasteiger partial charge in [0.25, 0.3) is 11.5 Å². The van der Waals surface area contributed by atoms with Crippen molar-refractivity contribution in [2.45, 2.75) is 52.5 Å². The van der Waals surface area contributed by atoms with Crippen LogP contribution in [0.2, 0.25) is 0 Å². The van der Waals surface area contributed by atoms with E-state index in [-0.39, 0.29) is 29.1 Å². The molecule has 0 fully saturated rings. The predicted molar refractivity (Wildman–Crippen MR) is 119 cm³/mol. The number of amides is 1. The van der Waals surface area contributed by atoms with Gasteiger partial charge in [-0.2, -0.15) is 0 Å². The van der Waals surface area contributed by atoms with E-state index in [0.29, 0.717) is 23.2 Å². The van der Waals surface area contributed by atoms with Gasteiger partial charge >= 0.3 is 0 Å². The van der Waals surface area contributed by atoms with Gasteiger partial charge in [-0.25, -0.2) is 4.98 Å². The van der Waals surface area contributed by atoms with Crippen LogP contribution in [0.4, 0.5) is 0 Å². The first kappa shape index (κ1) is 21.5. The van der Waals surface area contributed by atoms with Crippen LogP contribution in [0.3, 0.4) is 0 Å². The molecule has 0 spiro atoms. The molecule has 30 heavy (non-hydrogen) atoms. The van der Waals surface area contributed by atoms with Crippen LogP contribution in [-0.2, 0) is 6.54 Å². The minimum Gasteiger partial charge on any atom is -0.352 e. The third-order valence-electron chi connectivity index (χ3n) is 5.26. The van der Waals surface area contributed by atoms with Gasteiger partial charge in [0.2, 0.25) is 0 Å². The summed E-state index contributed by atoms with van der Waals surface area (Å²) < 4.78 is 3.04. The lowest BCUT2D eigenvalue weighted by atomic mass is 10.1. The molecule has 1 amide bonds. The van der Waals surface area contributed by atoms with Crippen molar-refractivity contribution in [1.29, 1.82) is 5.41 Å². The zero-order valence-electron chi connectivity index (χ0n) is 17.7. The number of allylic oxidation sites excluding steroid dienone is 1. The summed E-state index contributed by atoms with van der Waals surface area (Å²) in [5.41, 5.74) is 1.72. The minimum absolute atomic E-state index is 0.0238. The van der Waals surface area contributed by atoms with Gasteiger partial charge in [0.05, 0.1) is 10.9 Å². The molecule has 3 aromatic heterocycles. The maximum absolute atomic E-state index is 13.1. The van der Waals surface area contributed by atoms with Gasteiger partial charge in [0.1, 0.15) is 16.8 Å². The SMILES string of the molecule is C=CCn1c(=N)c(C(=O)NCCCCCCC)cc2c(=O)n3cccc(C)c3nc21. The predicted octanol–water partition coefficient (Wildman–Crippen LogP) is 3.32. The molecule has 0 bridgehead atoms. The Morgan fingerprint density at radius 2 is 2.03 bits per heavy atom. The zero-order chi connectivity index (χ0) is 21.7. The summed E-state index contributed by atoms with van der Waals surface area (Å²) in [7, 11) is 0. The lowest BCUT2D eigenvalue weighted by Gasteiger charge is -2.14. The molecule has 158 valence electrons. The summed E-state index contributed by atoms with van der Waals surface area (Å²) in [4.78, 5) is 30.6. The highest BCUT2D eigenvalue weighted by Gasteiger charge is 2.17. The first-order chi connectivity index (χ1) is 14.5. The van der Waals surface area contributed by atoms with Gasteiger partial charge in [0.15, 0.2) is 0 Å². The Morgan fingerprint density at radius 1 is 1.27 bits per heavy atom. The minimum atomic E-state index is -0.344. The fourth-order valence-electron chi connectivity index (χ4n) is 3.60. The molecule has 0 atom stereocenters. The maximum Gasteiger partial charge on any atom is 0.267 e. The number of aryl methyl sites for hydroxylation is 1. The van der Waals surface area contributed by atoms with E-state index >= 15 is 0 Å². The molecular weight excluding hydrogens is 378 g/mol. The second kappa shape index (κ2) is 9.52. The lowest BCUT2D eigenvalue weighted by molar-refractivity contribution is 0.0950. The highest BCUT2D eigenvalue weighted by Crippen LogP contribution is 2.13. The Morgan fingerprint density at radius 3 is 2.77 bits per heavy atom. The molecule has 0 aliphatic rings. The summed E-state index contributed by atoms with van der Waals surface area (Å²) in [6, 6.07) is 5.17. The number of nitrogens with one attached hydrogen (secondary N) is 2. The highest BCUT2D eigenvalue weighted by molar-refractivity contribution is 5.96. The van der Waals surface area contributed by atoms with Gasteiger partial charge in [-0.05, 0) is 31.0 Å². The summed E-state index contributed by atoms with van der Waals surface area (Å²) in [5.74, 6) is -0.344. The molecule has 3 aromatic rings. The number of rotatable bonds is 9. The summed E-state index contributed by atoms with van der Waals surface area (Å²) in [5, 5.41) is 11.8. The van der Waals surface area contributed by atoms with Crippen molar-refractivity contribution in [2.75, 3.05) is 6.54 Å². The van der Waals surface area contributed by atoms with Crippen molar-refractivity contribution in [3.63, 3.8) is 0 Å². The average molecular weight is 408 g/mol. The highest BCUT2D eigenvalue weighted by atomic mass is 16.1. The molecule has 3 rings (SSSR count). The van der Waals surface area contributed by atoms with E-state index in [9.17, 15) is 9.59 Å². The van der Waals surface area contributed by atoms with Crippen molar-refractivity contribution >= 4 is 22.6 Å². The number of nitrogens with zero attached hydrogens (tertiary/aromatic N) is 3. The first-order valence-corrected chi connectivity index (χ1v) is 10.5. The summed E-state index contributed by atoms with van der Waals surface area (Å²) in [6.45, 7) is 8.63. The molecule has 0 radical (unpaired) electrons. The van der Waals surface area contributed by atoms with E-state index in [1.807, 2.05) is 13.0 Å². The molecule has 7 nitrogen and oxygen atoms in total. The molecule has 0 saturated heterocycles. The van der Waals surface area contributed by atoms with Crippen LogP contribution in [0.25, 0.3) is 16.7 Å². The topological polar surface area (TPSA) is 92.2 Å². The monoisotopic (exact) mass is 407 g/mol. The summed E-state index contributed by atoms with van der Waals surface area (Å²) in [6.07, 6.45) is 8.78. The number of hydrogen-bond donors (Lipinski definition) is 2. The standard InChI is InChI=1S/C23H29N5O2/c1-4-6-7-8-9-12-25-22(29)17-15-18-21(27(13-5-2)19(17)24)26-20-16(3)11-10-14-28(20)23(18)30/h5,10-11,14-15,24H,2,4,6-9,12-13H2,1,3H3,(H,25,29). The molecule has 2 N–H and O–H groups in total. The van der Waals surface area contributed by atoms with Crippen molar-refractivity contribution < 1.29 is 4.79 Å². The fraction of sp³-hybridized carbons (Fsp3) is 0.391. The molecular formula is C23H29N5O2. The number of aromatic nitrogens is 3. The van der Waals surface area contributed by atoms with Crippen molar-refractivity contribution in [2.24, 2.45) is 0 Å². The van der Waals surface area contributed by atoms with Crippen LogP contribution in [0, 0.1) is 12.3 Å². The van der Waals surface area contributed by atoms with Crippen LogP contribution in [0.1, 0.15) is 54.9 Å². The van der Waals surface area contributed by atoms with Gasteiger partial charge in [-0.3, -0.25) is 19.4 Å². The van der Waals surface area contributed by atoms with Crippen LogP contribution >= 0.6 is 0 Å². The average Bonchev–Trinajstić information content (AvgIpc) is 2.73. The zero-order valence-corrected chi connectivity index (χ0v) is 17.7. The maximum atomic E-state index is 13.1. The Bertz CT molecular complexity index is 1210. The number of hydrogen-bond acceptors (Lipinski definition) is 4. The Balaban J connectivity index is 2.05. The van der Waals surface area contributed by atoms with E-state index in [2.05, 4.69) is 23.8 Å². The molecule has 0 unspecified atom stereocenters. The van der Waals surface area contributed by atoms with Crippen LogP contribution in [0.15, 0.2) is 41.8 Å². The Kier molecular flexibility index (Phi) is 6.82. The number of carbonyl (C=O) groups excluding carboxylic acids is 1. The third-order valence-corrected chi connectivity index (χ3v) is 5.26. The van der Waals surface area contributed by atoms with Crippen molar-refractivity contribution in [3.05, 3.63) is 64.0 Å². The Labute approximate surface area is 175 Å². The fourth-order valence-corrected chi connectivity index (χ4v) is 3.60.